The van der Waals surface area contributed by atoms with Crippen molar-refractivity contribution >= 4 is 5.97 Å². The van der Waals surface area contributed by atoms with Gasteiger partial charge in [-0.05, 0) is 0 Å². The molecular weight excluding hydrogens is 341 g/mol. The molecule has 2 rings (SSSR count). The predicted octanol–water partition coefficient (Wildman–Crippen LogP) is -1.56. The second-order valence-corrected chi connectivity index (χ2v) is 5.07. The number of aromatic amines is 1. The van der Waals surface area contributed by atoms with Crippen LogP contribution < -0.4 is 11.2 Å². The Hall–Kier alpha value is -2.18. The van der Waals surface area contributed by atoms with E-state index >= 15 is 0 Å². The van der Waals surface area contributed by atoms with Crippen LogP contribution in [-0.2, 0) is 20.0 Å². The van der Waals surface area contributed by atoms with Gasteiger partial charge in [0, 0.05) is 18.7 Å². The van der Waals surface area contributed by atoms with E-state index in [0.717, 1.165) is 12.3 Å². The standard InChI is InChI=1S/C12H13F3N2O7/c13-12(14,15)5-23-9(21)11(3-6(19)7(4-18)24-11)17-2-1-8(20)16-10(17)22/h1-2,6-7,18-19H,3-5H2,(H,16,20,22)/t6-,7+,11-/m0/s1. The Balaban J connectivity index is 2.45. The molecule has 1 fully saturated rings. The molecule has 0 radical (unpaired) electrons. The number of H-pyrrole nitrogens is 1. The highest BCUT2D eigenvalue weighted by Crippen LogP contribution is 2.35. The average Bonchev–Trinajstić information content (AvgIpc) is 2.81. The third kappa shape index (κ3) is 3.49. The van der Waals surface area contributed by atoms with Crippen LogP contribution in [0.1, 0.15) is 6.42 Å². The Morgan fingerprint density at radius 1 is 1.50 bits per heavy atom. The smallest absolute Gasteiger partial charge is 0.422 e. The number of halogens is 3. The zero-order valence-corrected chi connectivity index (χ0v) is 11.9. The Morgan fingerprint density at radius 2 is 2.17 bits per heavy atom. The third-order valence-electron chi connectivity index (χ3n) is 3.34. The van der Waals surface area contributed by atoms with Crippen molar-refractivity contribution in [1.82, 2.24) is 9.55 Å². The van der Waals surface area contributed by atoms with E-state index in [0.29, 0.717) is 4.57 Å². The van der Waals surface area contributed by atoms with Gasteiger partial charge >= 0.3 is 17.8 Å². The minimum absolute atomic E-state index is 0.506. The fraction of sp³-hybridized carbons (Fsp3) is 0.583. The lowest BCUT2D eigenvalue weighted by atomic mass is 10.1. The molecule has 9 nitrogen and oxygen atoms in total. The van der Waals surface area contributed by atoms with Crippen LogP contribution >= 0.6 is 0 Å². The average molecular weight is 354 g/mol. The summed E-state index contributed by atoms with van der Waals surface area (Å²) in [4.78, 5) is 37.0. The van der Waals surface area contributed by atoms with E-state index < -0.39 is 61.0 Å². The first kappa shape index (κ1) is 18.2. The fourth-order valence-electron chi connectivity index (χ4n) is 2.30. The number of alkyl halides is 3. The summed E-state index contributed by atoms with van der Waals surface area (Å²) in [6.07, 6.45) is -7.43. The first-order valence-electron chi connectivity index (χ1n) is 6.62. The fourth-order valence-corrected chi connectivity index (χ4v) is 2.30. The summed E-state index contributed by atoms with van der Waals surface area (Å²) < 4.78 is 46.6. The minimum Gasteiger partial charge on any atom is -0.452 e. The zero-order chi connectivity index (χ0) is 18.1. The molecule has 1 aliphatic heterocycles. The minimum atomic E-state index is -4.82. The number of hydrogen-bond donors (Lipinski definition) is 3. The van der Waals surface area contributed by atoms with Crippen molar-refractivity contribution in [2.75, 3.05) is 13.2 Å². The Morgan fingerprint density at radius 3 is 2.67 bits per heavy atom. The number of aromatic nitrogens is 2. The highest BCUT2D eigenvalue weighted by Gasteiger charge is 2.55. The number of nitrogens with one attached hydrogen (secondary N) is 1. The van der Waals surface area contributed by atoms with Crippen LogP contribution in [-0.4, -0.2) is 57.3 Å². The van der Waals surface area contributed by atoms with Gasteiger partial charge in [-0.3, -0.25) is 14.3 Å². The number of hydrogen-bond acceptors (Lipinski definition) is 7. The molecule has 0 amide bonds. The maximum absolute atomic E-state index is 12.3. The quantitative estimate of drug-likeness (QED) is 0.557. The molecule has 0 spiro atoms. The largest absolute Gasteiger partial charge is 0.452 e. The topological polar surface area (TPSA) is 131 Å². The number of carbonyl (C=O) groups excluding carboxylic acids is 1. The first-order valence-corrected chi connectivity index (χ1v) is 6.62. The third-order valence-corrected chi connectivity index (χ3v) is 3.34. The summed E-state index contributed by atoms with van der Waals surface area (Å²) in [5.41, 5.74) is -4.41. The maximum Gasteiger partial charge on any atom is 0.422 e. The van der Waals surface area contributed by atoms with Crippen LogP contribution in [0, 0.1) is 0 Å². The number of ether oxygens (including phenoxy) is 2. The van der Waals surface area contributed by atoms with E-state index in [-0.39, 0.29) is 0 Å². The van der Waals surface area contributed by atoms with Gasteiger partial charge in [0.05, 0.1) is 12.7 Å². The second-order valence-electron chi connectivity index (χ2n) is 5.07. The molecular formula is C12H13F3N2O7. The normalized spacial score (nSPS) is 27.2. The molecule has 1 aliphatic rings. The van der Waals surface area contributed by atoms with Gasteiger partial charge in [-0.15, -0.1) is 0 Å². The highest BCUT2D eigenvalue weighted by molar-refractivity contribution is 5.77. The van der Waals surface area contributed by atoms with Gasteiger partial charge in [-0.25, -0.2) is 9.59 Å². The second kappa shape index (κ2) is 6.37. The summed E-state index contributed by atoms with van der Waals surface area (Å²) in [5, 5.41) is 18.9. The molecule has 12 heteroatoms. The molecule has 2 heterocycles. The number of esters is 1. The number of rotatable bonds is 4. The van der Waals surface area contributed by atoms with Crippen molar-refractivity contribution in [3.8, 4) is 0 Å². The highest BCUT2D eigenvalue weighted by atomic mass is 19.4. The maximum atomic E-state index is 12.3. The summed E-state index contributed by atoms with van der Waals surface area (Å²) >= 11 is 0. The Bertz CT molecular complexity index is 728. The molecule has 24 heavy (non-hydrogen) atoms. The van der Waals surface area contributed by atoms with Crippen molar-refractivity contribution in [1.29, 1.82) is 0 Å². The summed E-state index contributed by atoms with van der Waals surface area (Å²) in [6, 6.07) is 0.836. The van der Waals surface area contributed by atoms with Crippen LogP contribution in [0.2, 0.25) is 0 Å². The molecule has 1 saturated heterocycles. The number of carbonyl (C=O) groups is 1. The lowest BCUT2D eigenvalue weighted by molar-refractivity contribution is -0.213. The van der Waals surface area contributed by atoms with Gasteiger partial charge < -0.3 is 19.7 Å². The van der Waals surface area contributed by atoms with Gasteiger partial charge in [0.2, 0.25) is 0 Å². The van der Waals surface area contributed by atoms with Crippen LogP contribution in [0.4, 0.5) is 13.2 Å². The number of aliphatic hydroxyl groups is 2. The van der Waals surface area contributed by atoms with Crippen molar-refractivity contribution in [2.45, 2.75) is 30.5 Å². The van der Waals surface area contributed by atoms with E-state index in [1.165, 1.54) is 0 Å². The molecule has 134 valence electrons. The molecule has 3 N–H and O–H groups in total. The molecule has 1 aromatic heterocycles. The van der Waals surface area contributed by atoms with Crippen LogP contribution in [0.25, 0.3) is 0 Å². The lowest BCUT2D eigenvalue weighted by Crippen LogP contribution is -2.50. The molecule has 0 unspecified atom stereocenters. The molecule has 3 atom stereocenters. The molecule has 1 aromatic rings. The van der Waals surface area contributed by atoms with E-state index in [1.54, 1.807) is 0 Å². The van der Waals surface area contributed by atoms with Crippen LogP contribution in [0.5, 0.6) is 0 Å². The Labute approximate surface area is 131 Å². The van der Waals surface area contributed by atoms with Crippen LogP contribution in [0.3, 0.4) is 0 Å². The summed E-state index contributed by atoms with van der Waals surface area (Å²) in [7, 11) is 0. The number of aliphatic hydroxyl groups excluding tert-OH is 2. The number of nitrogens with zero attached hydrogens (tertiary/aromatic N) is 1. The van der Waals surface area contributed by atoms with E-state index in [2.05, 4.69) is 4.74 Å². The van der Waals surface area contributed by atoms with Crippen molar-refractivity contribution < 1.29 is 37.7 Å². The monoisotopic (exact) mass is 354 g/mol. The van der Waals surface area contributed by atoms with Gasteiger partial charge in [-0.1, -0.05) is 0 Å². The first-order chi connectivity index (χ1) is 11.1. The van der Waals surface area contributed by atoms with E-state index in [4.69, 9.17) is 9.84 Å². The van der Waals surface area contributed by atoms with Gasteiger partial charge in [-0.2, -0.15) is 13.2 Å². The van der Waals surface area contributed by atoms with E-state index in [1.807, 2.05) is 4.98 Å². The van der Waals surface area contributed by atoms with Crippen molar-refractivity contribution in [3.63, 3.8) is 0 Å². The van der Waals surface area contributed by atoms with Crippen molar-refractivity contribution in [2.24, 2.45) is 0 Å². The summed E-state index contributed by atoms with van der Waals surface area (Å²) in [5.74, 6) is -1.59. The molecule has 0 saturated carbocycles. The summed E-state index contributed by atoms with van der Waals surface area (Å²) in [6.45, 7) is -2.69. The Kier molecular flexibility index (Phi) is 4.82. The molecule has 0 bridgehead atoms. The van der Waals surface area contributed by atoms with Gasteiger partial charge in [0.1, 0.15) is 6.10 Å². The van der Waals surface area contributed by atoms with E-state index in [9.17, 15) is 32.7 Å². The molecule has 0 aliphatic carbocycles. The predicted molar refractivity (Wildman–Crippen MR) is 68.9 cm³/mol. The van der Waals surface area contributed by atoms with Crippen molar-refractivity contribution in [3.05, 3.63) is 33.1 Å². The lowest BCUT2D eigenvalue weighted by Gasteiger charge is -2.28. The zero-order valence-electron chi connectivity index (χ0n) is 11.9. The molecule has 0 aromatic carbocycles. The van der Waals surface area contributed by atoms with Gasteiger partial charge in [0.25, 0.3) is 11.3 Å². The SMILES string of the molecule is O=C(OCC(F)(F)F)[C@]1(n2ccc(=O)[nH]c2=O)C[C@H](O)[C@@H](CO)O1. The van der Waals surface area contributed by atoms with Gasteiger partial charge in [0.15, 0.2) is 6.61 Å². The van der Waals surface area contributed by atoms with Crippen LogP contribution in [0.15, 0.2) is 21.9 Å².